The summed E-state index contributed by atoms with van der Waals surface area (Å²) in [5.41, 5.74) is 4.78. The number of rotatable bonds is 4. The van der Waals surface area contributed by atoms with Crippen LogP contribution in [0.15, 0.2) is 95.7 Å². The van der Waals surface area contributed by atoms with Gasteiger partial charge < -0.3 is 15.3 Å². The summed E-state index contributed by atoms with van der Waals surface area (Å²) in [6.45, 7) is 2.10. The highest BCUT2D eigenvalue weighted by Gasteiger charge is 2.31. The molecule has 0 spiro atoms. The molecule has 0 radical (unpaired) electrons. The lowest BCUT2D eigenvalue weighted by atomic mass is 9.96. The lowest BCUT2D eigenvalue weighted by Gasteiger charge is -2.37. The molecule has 2 aromatic rings. The van der Waals surface area contributed by atoms with Crippen molar-refractivity contribution in [2.75, 3.05) is 0 Å². The maximum atomic E-state index is 12.0. The summed E-state index contributed by atoms with van der Waals surface area (Å²) in [5, 5.41) is 13.4. The molecule has 0 aromatic heterocycles. The Kier molecular flexibility index (Phi) is 4.55. The number of benzene rings is 2. The van der Waals surface area contributed by atoms with Gasteiger partial charge in [-0.3, -0.25) is 4.79 Å². The predicted molar refractivity (Wildman–Crippen MR) is 105 cm³/mol. The van der Waals surface area contributed by atoms with Crippen LogP contribution in [-0.2, 0) is 11.2 Å². The van der Waals surface area contributed by atoms with Gasteiger partial charge in [0.25, 0.3) is 0 Å². The summed E-state index contributed by atoms with van der Waals surface area (Å²) >= 11 is 0. The summed E-state index contributed by atoms with van der Waals surface area (Å²) in [6, 6.07) is 20.4. The molecule has 4 rings (SSSR count). The number of hydrogen-bond donors (Lipinski definition) is 2. The van der Waals surface area contributed by atoms with Gasteiger partial charge in [-0.05, 0) is 36.1 Å². The highest BCUT2D eigenvalue weighted by molar-refractivity contribution is 5.83. The van der Waals surface area contributed by atoms with Gasteiger partial charge in [-0.1, -0.05) is 60.7 Å². The summed E-state index contributed by atoms with van der Waals surface area (Å²) in [4.78, 5) is 14.0. The van der Waals surface area contributed by atoms with E-state index in [0.717, 1.165) is 17.6 Å². The highest BCUT2D eigenvalue weighted by Crippen LogP contribution is 2.36. The number of nitrogens with one attached hydrogen (secondary N) is 1. The van der Waals surface area contributed by atoms with Gasteiger partial charge in [0, 0.05) is 6.20 Å². The first-order valence-corrected chi connectivity index (χ1v) is 9.14. The summed E-state index contributed by atoms with van der Waals surface area (Å²) in [6.07, 6.45) is 4.81. The van der Waals surface area contributed by atoms with E-state index in [0.29, 0.717) is 11.4 Å². The topological polar surface area (TPSA) is 52.6 Å². The molecule has 27 heavy (non-hydrogen) atoms. The van der Waals surface area contributed by atoms with E-state index in [1.807, 2.05) is 42.5 Å². The van der Waals surface area contributed by atoms with Crippen molar-refractivity contribution in [1.29, 1.82) is 0 Å². The van der Waals surface area contributed by atoms with Crippen molar-refractivity contribution >= 4 is 5.91 Å². The number of nitrogens with zero attached hydrogens (tertiary/aromatic N) is 1. The zero-order valence-corrected chi connectivity index (χ0v) is 15.2. The van der Waals surface area contributed by atoms with E-state index in [1.165, 1.54) is 5.56 Å². The molecule has 2 aromatic carbocycles. The smallest absolute Gasteiger partial charge is 0.232 e. The molecule has 0 bridgehead atoms. The third kappa shape index (κ3) is 3.51. The second-order valence-electron chi connectivity index (χ2n) is 6.94. The van der Waals surface area contributed by atoms with Crippen LogP contribution < -0.4 is 5.32 Å². The highest BCUT2D eigenvalue weighted by atomic mass is 16.3. The summed E-state index contributed by atoms with van der Waals surface area (Å²) < 4.78 is 0. The van der Waals surface area contributed by atoms with Gasteiger partial charge in [-0.15, -0.1) is 0 Å². The molecule has 136 valence electrons. The fourth-order valence-electron chi connectivity index (χ4n) is 3.63. The Morgan fingerprint density at radius 1 is 1.07 bits per heavy atom. The Morgan fingerprint density at radius 2 is 1.74 bits per heavy atom. The van der Waals surface area contributed by atoms with E-state index in [1.54, 1.807) is 0 Å². The van der Waals surface area contributed by atoms with Crippen molar-refractivity contribution in [3.63, 3.8) is 0 Å². The quantitative estimate of drug-likeness (QED) is 0.854. The molecule has 1 atom stereocenters. The standard InChI is InChI=1S/C23H22N2O2/c1-16(19-10-6-3-7-11-19)25-15-18(12-17-8-4-2-5-9-17)13-20-23(25)21(26)14-22(27)24-20/h2-11,13,15-16,26H,12,14H2,1H3,(H,24,27). The number of aliphatic hydroxyl groups excluding tert-OH is 1. The average molecular weight is 358 g/mol. The minimum Gasteiger partial charge on any atom is -0.510 e. The van der Waals surface area contributed by atoms with Gasteiger partial charge in [-0.25, -0.2) is 0 Å². The number of carbonyl (C=O) groups excluding carboxylic acids is 1. The predicted octanol–water partition coefficient (Wildman–Crippen LogP) is 4.36. The second-order valence-corrected chi connectivity index (χ2v) is 6.94. The van der Waals surface area contributed by atoms with E-state index < -0.39 is 0 Å². The van der Waals surface area contributed by atoms with Crippen LogP contribution in [0.4, 0.5) is 0 Å². The van der Waals surface area contributed by atoms with Crippen LogP contribution in [0, 0.1) is 0 Å². The van der Waals surface area contributed by atoms with E-state index >= 15 is 0 Å². The molecule has 2 heterocycles. The number of hydrogen-bond acceptors (Lipinski definition) is 3. The normalized spacial score (nSPS) is 17.7. The number of aliphatic hydroxyl groups is 1. The zero-order valence-electron chi connectivity index (χ0n) is 15.2. The van der Waals surface area contributed by atoms with Crippen molar-refractivity contribution in [3.05, 3.63) is 107 Å². The number of amides is 1. The van der Waals surface area contributed by atoms with Crippen molar-refractivity contribution in [2.45, 2.75) is 25.8 Å². The molecule has 2 aliphatic rings. The van der Waals surface area contributed by atoms with Gasteiger partial charge in [-0.2, -0.15) is 0 Å². The van der Waals surface area contributed by atoms with Crippen LogP contribution in [0.3, 0.4) is 0 Å². The minimum absolute atomic E-state index is 0.00649. The SMILES string of the molecule is CC(c1ccccc1)N1C=C(Cc2ccccc2)C=C2NC(=O)CC(O)=C21. The molecule has 2 N–H and O–H groups in total. The van der Waals surface area contributed by atoms with Crippen molar-refractivity contribution in [3.8, 4) is 0 Å². The monoisotopic (exact) mass is 358 g/mol. The van der Waals surface area contributed by atoms with Crippen molar-refractivity contribution in [2.24, 2.45) is 0 Å². The van der Waals surface area contributed by atoms with Gasteiger partial charge in [0.15, 0.2) is 0 Å². The number of carbonyl (C=O) groups is 1. The lowest BCUT2D eigenvalue weighted by Crippen LogP contribution is -2.37. The third-order valence-electron chi connectivity index (χ3n) is 4.97. The van der Waals surface area contributed by atoms with Crippen LogP contribution in [0.2, 0.25) is 0 Å². The van der Waals surface area contributed by atoms with Crippen molar-refractivity contribution in [1.82, 2.24) is 10.2 Å². The van der Waals surface area contributed by atoms with Gasteiger partial charge in [0.05, 0.1) is 18.2 Å². The zero-order chi connectivity index (χ0) is 18.8. The van der Waals surface area contributed by atoms with E-state index in [2.05, 4.69) is 47.6 Å². The molecule has 0 saturated carbocycles. The first-order valence-electron chi connectivity index (χ1n) is 9.14. The fourth-order valence-corrected chi connectivity index (χ4v) is 3.63. The number of fused-ring (bicyclic) bond motifs is 1. The van der Waals surface area contributed by atoms with E-state index in [-0.39, 0.29) is 24.1 Å². The Morgan fingerprint density at radius 3 is 2.44 bits per heavy atom. The largest absolute Gasteiger partial charge is 0.510 e. The molecule has 4 nitrogen and oxygen atoms in total. The van der Waals surface area contributed by atoms with Gasteiger partial charge in [0.1, 0.15) is 11.5 Å². The Balaban J connectivity index is 1.75. The van der Waals surface area contributed by atoms with Gasteiger partial charge >= 0.3 is 0 Å². The molecule has 0 aliphatic carbocycles. The Bertz CT molecular complexity index is 943. The average Bonchev–Trinajstić information content (AvgIpc) is 2.68. The molecule has 2 aliphatic heterocycles. The molecular formula is C23H22N2O2. The molecule has 0 fully saturated rings. The Hall–Kier alpha value is -3.27. The maximum Gasteiger partial charge on any atom is 0.232 e. The summed E-state index contributed by atoms with van der Waals surface area (Å²) in [7, 11) is 0. The molecule has 4 heteroatoms. The van der Waals surface area contributed by atoms with Crippen LogP contribution in [-0.4, -0.2) is 15.9 Å². The van der Waals surface area contributed by atoms with Crippen LogP contribution in [0.5, 0.6) is 0 Å². The van der Waals surface area contributed by atoms with Crippen LogP contribution in [0.1, 0.15) is 30.5 Å². The van der Waals surface area contributed by atoms with Crippen LogP contribution >= 0.6 is 0 Å². The third-order valence-corrected chi connectivity index (χ3v) is 4.97. The first kappa shape index (κ1) is 17.2. The minimum atomic E-state index is -0.184. The second kappa shape index (κ2) is 7.16. The summed E-state index contributed by atoms with van der Waals surface area (Å²) in [5.74, 6) is -0.0708. The maximum absolute atomic E-state index is 12.0. The first-order chi connectivity index (χ1) is 13.1. The fraction of sp³-hybridized carbons (Fsp3) is 0.174. The molecule has 0 saturated heterocycles. The van der Waals surface area contributed by atoms with Gasteiger partial charge in [0.2, 0.25) is 5.91 Å². The van der Waals surface area contributed by atoms with E-state index in [4.69, 9.17) is 0 Å². The molecule has 1 amide bonds. The Labute approximate surface area is 159 Å². The van der Waals surface area contributed by atoms with E-state index in [9.17, 15) is 9.90 Å². The lowest BCUT2D eigenvalue weighted by molar-refractivity contribution is -0.120. The number of allylic oxidation sites excluding steroid dienone is 2. The molecule has 1 unspecified atom stereocenters. The van der Waals surface area contributed by atoms with Crippen molar-refractivity contribution < 1.29 is 9.90 Å². The molecular weight excluding hydrogens is 336 g/mol. The van der Waals surface area contributed by atoms with Crippen LogP contribution in [0.25, 0.3) is 0 Å².